The van der Waals surface area contributed by atoms with E-state index in [1.165, 1.54) is 0 Å². The standard InChI is InChI=1S/C17H23N5O2S/c1-2-5-22-14-4-3-11(8-13(14)15(20-22)16(23)24)18-9-12-10-21-6-7-25-17(21)19-12/h10-11,18H,2-9H2,1H3,(H,23,24). The van der Waals surface area contributed by atoms with E-state index < -0.39 is 5.97 Å². The van der Waals surface area contributed by atoms with Crippen LogP contribution in [-0.2, 0) is 32.5 Å². The van der Waals surface area contributed by atoms with Crippen LogP contribution >= 0.6 is 11.8 Å². The number of imidazole rings is 1. The van der Waals surface area contributed by atoms with Crippen molar-refractivity contribution in [2.75, 3.05) is 5.75 Å². The summed E-state index contributed by atoms with van der Waals surface area (Å²) in [6, 6.07) is 0.272. The average Bonchev–Trinajstić information content (AvgIpc) is 3.26. The molecule has 25 heavy (non-hydrogen) atoms. The summed E-state index contributed by atoms with van der Waals surface area (Å²) in [6.45, 7) is 4.64. The van der Waals surface area contributed by atoms with Crippen LogP contribution in [0.15, 0.2) is 11.4 Å². The number of fused-ring (bicyclic) bond motifs is 2. The van der Waals surface area contributed by atoms with Gasteiger partial charge in [0.05, 0.1) is 5.69 Å². The molecule has 2 N–H and O–H groups in total. The highest BCUT2D eigenvalue weighted by Crippen LogP contribution is 2.27. The minimum absolute atomic E-state index is 0.229. The third-order valence-corrected chi connectivity index (χ3v) is 5.88. The van der Waals surface area contributed by atoms with Crippen LogP contribution in [0.1, 0.15) is 47.2 Å². The number of carboxylic acids is 1. The van der Waals surface area contributed by atoms with Crippen LogP contribution in [0.4, 0.5) is 0 Å². The fourth-order valence-corrected chi connectivity index (χ4v) is 4.69. The minimum Gasteiger partial charge on any atom is -0.476 e. The number of thioether (sulfide) groups is 1. The predicted octanol–water partition coefficient (Wildman–Crippen LogP) is 1.94. The monoisotopic (exact) mass is 361 g/mol. The fraction of sp³-hybridized carbons (Fsp3) is 0.588. The third kappa shape index (κ3) is 3.20. The first-order chi connectivity index (χ1) is 12.2. The zero-order chi connectivity index (χ0) is 17.4. The van der Waals surface area contributed by atoms with Gasteiger partial charge in [0.1, 0.15) is 0 Å². The molecule has 0 aromatic carbocycles. The number of aromatic nitrogens is 4. The number of hydrogen-bond acceptors (Lipinski definition) is 5. The Morgan fingerprint density at radius 2 is 2.40 bits per heavy atom. The summed E-state index contributed by atoms with van der Waals surface area (Å²) in [5, 5.41) is 18.5. The number of carbonyl (C=O) groups is 1. The van der Waals surface area contributed by atoms with Crippen molar-refractivity contribution in [3.05, 3.63) is 28.8 Å². The largest absolute Gasteiger partial charge is 0.476 e. The number of aryl methyl sites for hydroxylation is 2. The molecule has 0 radical (unpaired) electrons. The van der Waals surface area contributed by atoms with Crippen molar-refractivity contribution in [1.82, 2.24) is 24.6 Å². The van der Waals surface area contributed by atoms with Crippen LogP contribution in [0, 0.1) is 0 Å². The van der Waals surface area contributed by atoms with Crippen molar-refractivity contribution in [1.29, 1.82) is 0 Å². The number of carboxylic acid groups (broad SMARTS) is 1. The van der Waals surface area contributed by atoms with Gasteiger partial charge in [-0.25, -0.2) is 9.78 Å². The van der Waals surface area contributed by atoms with Gasteiger partial charge >= 0.3 is 5.97 Å². The molecule has 0 fully saturated rings. The highest BCUT2D eigenvalue weighted by Gasteiger charge is 2.28. The van der Waals surface area contributed by atoms with Gasteiger partial charge in [0.2, 0.25) is 0 Å². The smallest absolute Gasteiger partial charge is 0.356 e. The molecule has 0 saturated heterocycles. The molecule has 0 bridgehead atoms. The van der Waals surface area contributed by atoms with E-state index in [1.54, 1.807) is 11.8 Å². The zero-order valence-corrected chi connectivity index (χ0v) is 15.2. The second-order valence-corrected chi connectivity index (χ2v) is 7.74. The van der Waals surface area contributed by atoms with Crippen molar-refractivity contribution in [3.63, 3.8) is 0 Å². The summed E-state index contributed by atoms with van der Waals surface area (Å²) in [6.07, 6.45) is 5.69. The average molecular weight is 361 g/mol. The molecule has 3 heterocycles. The van der Waals surface area contributed by atoms with Crippen molar-refractivity contribution >= 4 is 17.7 Å². The predicted molar refractivity (Wildman–Crippen MR) is 95.1 cm³/mol. The van der Waals surface area contributed by atoms with E-state index in [9.17, 15) is 9.90 Å². The van der Waals surface area contributed by atoms with Gasteiger partial charge in [-0.1, -0.05) is 18.7 Å². The molecule has 0 spiro atoms. The van der Waals surface area contributed by atoms with E-state index in [4.69, 9.17) is 0 Å². The lowest BCUT2D eigenvalue weighted by Crippen LogP contribution is -2.35. The maximum atomic E-state index is 11.5. The summed E-state index contributed by atoms with van der Waals surface area (Å²) in [5.74, 6) is 0.190. The van der Waals surface area contributed by atoms with Crippen LogP contribution in [0.3, 0.4) is 0 Å². The van der Waals surface area contributed by atoms with Crippen molar-refractivity contribution in [3.8, 4) is 0 Å². The molecule has 2 aromatic rings. The maximum Gasteiger partial charge on any atom is 0.356 e. The number of nitrogens with one attached hydrogen (secondary N) is 1. The number of nitrogens with zero attached hydrogens (tertiary/aromatic N) is 4. The Morgan fingerprint density at radius 3 is 3.16 bits per heavy atom. The summed E-state index contributed by atoms with van der Waals surface area (Å²) in [5.41, 5.74) is 3.31. The second kappa shape index (κ2) is 6.84. The zero-order valence-electron chi connectivity index (χ0n) is 14.4. The van der Waals surface area contributed by atoms with Crippen LogP contribution in [-0.4, -0.2) is 42.2 Å². The molecule has 1 aliphatic heterocycles. The third-order valence-electron chi connectivity index (χ3n) is 4.91. The quantitative estimate of drug-likeness (QED) is 0.818. The Morgan fingerprint density at radius 1 is 1.52 bits per heavy atom. The molecular weight excluding hydrogens is 338 g/mol. The number of rotatable bonds is 6. The highest BCUT2D eigenvalue weighted by molar-refractivity contribution is 7.99. The lowest BCUT2D eigenvalue weighted by Gasteiger charge is -2.24. The van der Waals surface area contributed by atoms with Crippen LogP contribution < -0.4 is 5.32 Å². The van der Waals surface area contributed by atoms with Gasteiger partial charge in [0, 0.05) is 48.9 Å². The van der Waals surface area contributed by atoms with Crippen LogP contribution in [0.2, 0.25) is 0 Å². The number of aromatic carboxylic acids is 1. The molecule has 1 aliphatic carbocycles. The van der Waals surface area contributed by atoms with E-state index in [0.717, 1.165) is 73.2 Å². The second-order valence-electron chi connectivity index (χ2n) is 6.68. The molecular formula is C17H23N5O2S. The molecule has 1 unspecified atom stereocenters. The van der Waals surface area contributed by atoms with Gasteiger partial charge in [0.25, 0.3) is 0 Å². The number of hydrogen-bond donors (Lipinski definition) is 2. The van der Waals surface area contributed by atoms with Crippen molar-refractivity contribution < 1.29 is 9.90 Å². The molecule has 8 heteroatoms. The topological polar surface area (TPSA) is 85.0 Å². The molecule has 0 saturated carbocycles. The summed E-state index contributed by atoms with van der Waals surface area (Å²) in [4.78, 5) is 16.2. The van der Waals surface area contributed by atoms with E-state index in [-0.39, 0.29) is 11.7 Å². The summed E-state index contributed by atoms with van der Waals surface area (Å²) < 4.78 is 4.10. The van der Waals surface area contributed by atoms with Gasteiger partial charge in [0.15, 0.2) is 10.9 Å². The first-order valence-corrected chi connectivity index (χ1v) is 9.88. The van der Waals surface area contributed by atoms with Crippen LogP contribution in [0.25, 0.3) is 0 Å². The molecule has 2 aliphatic rings. The molecule has 4 rings (SSSR count). The van der Waals surface area contributed by atoms with Crippen molar-refractivity contribution in [2.45, 2.75) is 63.4 Å². The Hall–Kier alpha value is -1.80. The Balaban J connectivity index is 1.45. The van der Waals surface area contributed by atoms with Gasteiger partial charge in [-0.15, -0.1) is 0 Å². The molecule has 7 nitrogen and oxygen atoms in total. The van der Waals surface area contributed by atoms with Gasteiger partial charge in [-0.2, -0.15) is 5.10 Å². The minimum atomic E-state index is -0.922. The lowest BCUT2D eigenvalue weighted by molar-refractivity contribution is 0.0688. The maximum absolute atomic E-state index is 11.5. The summed E-state index contributed by atoms with van der Waals surface area (Å²) in [7, 11) is 0. The first-order valence-electron chi connectivity index (χ1n) is 8.89. The summed E-state index contributed by atoms with van der Waals surface area (Å²) >= 11 is 1.80. The first kappa shape index (κ1) is 16.7. The molecule has 2 aromatic heterocycles. The van der Waals surface area contributed by atoms with Gasteiger partial charge < -0.3 is 15.0 Å². The Bertz CT molecular complexity index is 776. The molecule has 1 atom stereocenters. The van der Waals surface area contributed by atoms with E-state index in [1.807, 2.05) is 4.68 Å². The van der Waals surface area contributed by atoms with Crippen LogP contribution in [0.5, 0.6) is 0 Å². The normalized spacial score (nSPS) is 19.0. The highest BCUT2D eigenvalue weighted by atomic mass is 32.2. The fourth-order valence-electron chi connectivity index (χ4n) is 3.73. The van der Waals surface area contributed by atoms with Gasteiger partial charge in [-0.3, -0.25) is 4.68 Å². The van der Waals surface area contributed by atoms with E-state index >= 15 is 0 Å². The molecule has 0 amide bonds. The lowest BCUT2D eigenvalue weighted by atomic mass is 9.91. The van der Waals surface area contributed by atoms with E-state index in [2.05, 4.69) is 33.1 Å². The SMILES string of the molecule is CCCn1nc(C(=O)O)c2c1CCC(NCc1cn3c(n1)SCC3)C2. The van der Waals surface area contributed by atoms with Crippen molar-refractivity contribution in [2.24, 2.45) is 0 Å². The van der Waals surface area contributed by atoms with E-state index in [0.29, 0.717) is 0 Å². The Labute approximate surface area is 150 Å². The Kier molecular flexibility index (Phi) is 4.56. The molecule has 134 valence electrons. The van der Waals surface area contributed by atoms with Gasteiger partial charge in [-0.05, 0) is 25.7 Å².